The molecule has 0 spiro atoms. The second-order valence-corrected chi connectivity index (χ2v) is 4.40. The van der Waals surface area contributed by atoms with Crippen molar-refractivity contribution < 1.29 is 19.1 Å². The van der Waals surface area contributed by atoms with Gasteiger partial charge in [-0.05, 0) is 24.6 Å². The van der Waals surface area contributed by atoms with E-state index in [1.165, 1.54) is 4.90 Å². The van der Waals surface area contributed by atoms with Crippen molar-refractivity contribution in [2.75, 3.05) is 14.2 Å². The van der Waals surface area contributed by atoms with E-state index in [2.05, 4.69) is 0 Å². The Bertz CT molecular complexity index is 482. The van der Waals surface area contributed by atoms with E-state index in [1.54, 1.807) is 32.4 Å². The maximum atomic E-state index is 11.8. The fourth-order valence-corrected chi connectivity index (χ4v) is 2.15. The van der Waals surface area contributed by atoms with E-state index in [4.69, 9.17) is 9.47 Å². The minimum Gasteiger partial charge on any atom is -0.497 e. The number of ether oxygens (including phenoxy) is 2. The molecule has 19 heavy (non-hydrogen) atoms. The Labute approximate surface area is 112 Å². The summed E-state index contributed by atoms with van der Waals surface area (Å²) in [6.07, 6.45) is 1.50. The predicted molar refractivity (Wildman–Crippen MR) is 69.0 cm³/mol. The second-order valence-electron chi connectivity index (χ2n) is 4.40. The summed E-state index contributed by atoms with van der Waals surface area (Å²) in [4.78, 5) is 24.9. The Hall–Kier alpha value is -2.04. The molecule has 1 aliphatic heterocycles. The van der Waals surface area contributed by atoms with Gasteiger partial charge in [0.05, 0.1) is 20.8 Å². The van der Waals surface area contributed by atoms with E-state index in [-0.39, 0.29) is 18.4 Å². The standard InChI is InChI=1S/C14H17NO4/c1-18-11-6-7-12(19-2)10(8-11)9-15-13(16)4-3-5-14(15)17/h6-8H,3-5,9H2,1-2H3. The number of likely N-dealkylation sites (tertiary alicyclic amines) is 1. The summed E-state index contributed by atoms with van der Waals surface area (Å²) in [5, 5.41) is 0. The van der Waals surface area contributed by atoms with Crippen LogP contribution in [-0.2, 0) is 16.1 Å². The van der Waals surface area contributed by atoms with E-state index in [1.807, 2.05) is 0 Å². The van der Waals surface area contributed by atoms with Crippen LogP contribution in [0.1, 0.15) is 24.8 Å². The molecule has 5 heteroatoms. The molecule has 0 bridgehead atoms. The van der Waals surface area contributed by atoms with Crippen molar-refractivity contribution in [3.63, 3.8) is 0 Å². The molecule has 1 heterocycles. The third-order valence-corrected chi connectivity index (χ3v) is 3.20. The number of hydrogen-bond acceptors (Lipinski definition) is 4. The fourth-order valence-electron chi connectivity index (χ4n) is 2.15. The van der Waals surface area contributed by atoms with E-state index in [9.17, 15) is 9.59 Å². The Morgan fingerprint density at radius 3 is 2.37 bits per heavy atom. The van der Waals surface area contributed by atoms with Gasteiger partial charge >= 0.3 is 0 Å². The first-order valence-electron chi connectivity index (χ1n) is 6.20. The first-order chi connectivity index (χ1) is 9.15. The van der Waals surface area contributed by atoms with Gasteiger partial charge in [-0.1, -0.05) is 0 Å². The highest BCUT2D eigenvalue weighted by atomic mass is 16.5. The molecule has 1 fully saturated rings. The molecular formula is C14H17NO4. The lowest BCUT2D eigenvalue weighted by Gasteiger charge is -2.25. The van der Waals surface area contributed by atoms with Crippen molar-refractivity contribution in [3.8, 4) is 11.5 Å². The molecule has 2 amide bonds. The first kappa shape index (κ1) is 13.4. The van der Waals surface area contributed by atoms with E-state index in [0.29, 0.717) is 30.8 Å². The lowest BCUT2D eigenvalue weighted by atomic mass is 10.1. The van der Waals surface area contributed by atoms with Crippen LogP contribution in [0, 0.1) is 0 Å². The minimum atomic E-state index is -0.124. The molecule has 0 aliphatic carbocycles. The smallest absolute Gasteiger partial charge is 0.229 e. The molecule has 0 atom stereocenters. The molecule has 0 radical (unpaired) electrons. The van der Waals surface area contributed by atoms with Gasteiger partial charge in [0.1, 0.15) is 11.5 Å². The third-order valence-electron chi connectivity index (χ3n) is 3.20. The largest absolute Gasteiger partial charge is 0.497 e. The summed E-state index contributed by atoms with van der Waals surface area (Å²) in [7, 11) is 3.13. The number of rotatable bonds is 4. The zero-order chi connectivity index (χ0) is 13.8. The SMILES string of the molecule is COc1ccc(OC)c(CN2C(=O)CCCC2=O)c1. The van der Waals surface area contributed by atoms with Crippen LogP contribution >= 0.6 is 0 Å². The van der Waals surface area contributed by atoms with E-state index >= 15 is 0 Å². The Kier molecular flexibility index (Phi) is 4.04. The molecule has 1 aromatic rings. The molecule has 0 unspecified atom stereocenters. The van der Waals surface area contributed by atoms with Gasteiger partial charge in [0.15, 0.2) is 0 Å². The van der Waals surface area contributed by atoms with Crippen LogP contribution in [0.25, 0.3) is 0 Å². The molecule has 1 aliphatic rings. The van der Waals surface area contributed by atoms with Gasteiger partial charge in [0.2, 0.25) is 11.8 Å². The molecular weight excluding hydrogens is 246 g/mol. The topological polar surface area (TPSA) is 55.8 Å². The van der Waals surface area contributed by atoms with Crippen molar-refractivity contribution in [2.24, 2.45) is 0 Å². The quantitative estimate of drug-likeness (QED) is 0.776. The molecule has 2 rings (SSSR count). The minimum absolute atomic E-state index is 0.124. The van der Waals surface area contributed by atoms with Gasteiger partial charge in [0.25, 0.3) is 0 Å². The van der Waals surface area contributed by atoms with Crippen LogP contribution in [0.2, 0.25) is 0 Å². The number of carbonyl (C=O) groups is 2. The third kappa shape index (κ3) is 2.86. The van der Waals surface area contributed by atoms with Crippen molar-refractivity contribution in [3.05, 3.63) is 23.8 Å². The summed E-state index contributed by atoms with van der Waals surface area (Å²) >= 11 is 0. The molecule has 1 aromatic carbocycles. The molecule has 5 nitrogen and oxygen atoms in total. The lowest BCUT2D eigenvalue weighted by Crippen LogP contribution is -2.39. The van der Waals surface area contributed by atoms with Crippen molar-refractivity contribution in [1.82, 2.24) is 4.90 Å². The fraction of sp³-hybridized carbons (Fsp3) is 0.429. The number of carbonyl (C=O) groups excluding carboxylic acids is 2. The summed E-state index contributed by atoms with van der Waals surface area (Å²) < 4.78 is 10.4. The number of benzene rings is 1. The Morgan fingerprint density at radius 1 is 1.11 bits per heavy atom. The van der Waals surface area contributed by atoms with Gasteiger partial charge in [0, 0.05) is 18.4 Å². The van der Waals surface area contributed by atoms with Gasteiger partial charge in [-0.3, -0.25) is 14.5 Å². The number of nitrogens with zero attached hydrogens (tertiary/aromatic N) is 1. The van der Waals surface area contributed by atoms with Crippen molar-refractivity contribution in [1.29, 1.82) is 0 Å². The summed E-state index contributed by atoms with van der Waals surface area (Å²) in [6.45, 7) is 0.234. The highest BCUT2D eigenvalue weighted by molar-refractivity contribution is 5.97. The average molecular weight is 263 g/mol. The van der Waals surface area contributed by atoms with E-state index in [0.717, 1.165) is 5.56 Å². The summed E-state index contributed by atoms with van der Waals surface area (Å²) in [6, 6.07) is 5.34. The monoisotopic (exact) mass is 263 g/mol. The van der Waals surface area contributed by atoms with Crippen LogP contribution < -0.4 is 9.47 Å². The molecule has 1 saturated heterocycles. The van der Waals surface area contributed by atoms with Crippen LogP contribution in [0.15, 0.2) is 18.2 Å². The maximum absolute atomic E-state index is 11.8. The highest BCUT2D eigenvalue weighted by Gasteiger charge is 2.26. The molecule has 0 N–H and O–H groups in total. The highest BCUT2D eigenvalue weighted by Crippen LogP contribution is 2.26. The van der Waals surface area contributed by atoms with Gasteiger partial charge < -0.3 is 9.47 Å². The molecule has 0 aromatic heterocycles. The zero-order valence-corrected chi connectivity index (χ0v) is 11.1. The average Bonchev–Trinajstić information content (AvgIpc) is 2.42. The second kappa shape index (κ2) is 5.73. The zero-order valence-electron chi connectivity index (χ0n) is 11.1. The van der Waals surface area contributed by atoms with Crippen molar-refractivity contribution >= 4 is 11.8 Å². The lowest BCUT2D eigenvalue weighted by molar-refractivity contribution is -0.148. The number of amides is 2. The van der Waals surface area contributed by atoms with Gasteiger partial charge in [-0.15, -0.1) is 0 Å². The number of imide groups is 1. The van der Waals surface area contributed by atoms with Gasteiger partial charge in [-0.25, -0.2) is 0 Å². The van der Waals surface area contributed by atoms with E-state index < -0.39 is 0 Å². The number of piperidine rings is 1. The maximum Gasteiger partial charge on any atom is 0.229 e. The van der Waals surface area contributed by atoms with Crippen LogP contribution in [0.4, 0.5) is 0 Å². The first-order valence-corrected chi connectivity index (χ1v) is 6.20. The Balaban J connectivity index is 2.25. The summed E-state index contributed by atoms with van der Waals surface area (Å²) in [5.74, 6) is 1.07. The Morgan fingerprint density at radius 2 is 1.79 bits per heavy atom. The molecule has 0 saturated carbocycles. The predicted octanol–water partition coefficient (Wildman–Crippen LogP) is 1.74. The van der Waals surface area contributed by atoms with Crippen LogP contribution in [-0.4, -0.2) is 30.9 Å². The summed E-state index contributed by atoms with van der Waals surface area (Å²) in [5.41, 5.74) is 0.769. The number of hydrogen-bond donors (Lipinski definition) is 0. The van der Waals surface area contributed by atoms with Crippen LogP contribution in [0.5, 0.6) is 11.5 Å². The number of methoxy groups -OCH3 is 2. The van der Waals surface area contributed by atoms with Gasteiger partial charge in [-0.2, -0.15) is 0 Å². The molecule has 102 valence electrons. The van der Waals surface area contributed by atoms with Crippen molar-refractivity contribution in [2.45, 2.75) is 25.8 Å². The normalized spacial score (nSPS) is 15.6. The van der Waals surface area contributed by atoms with Crippen LogP contribution in [0.3, 0.4) is 0 Å².